The second-order valence-corrected chi connectivity index (χ2v) is 5.81. The molecule has 1 fully saturated rings. The summed E-state index contributed by atoms with van der Waals surface area (Å²) in [6.07, 6.45) is 1.75. The lowest BCUT2D eigenvalue weighted by atomic mass is 10.1. The third kappa shape index (κ3) is 3.88. The Morgan fingerprint density at radius 2 is 2.10 bits per heavy atom. The number of hydrogen-bond donors (Lipinski definition) is 1. The summed E-state index contributed by atoms with van der Waals surface area (Å²) >= 11 is 5.97. The molecule has 0 saturated heterocycles. The molecule has 6 heteroatoms. The van der Waals surface area contributed by atoms with E-state index in [0.29, 0.717) is 5.02 Å². The Kier molecular flexibility index (Phi) is 4.73. The Bertz CT molecular complexity index is 545. The fourth-order valence-electron chi connectivity index (χ4n) is 2.24. The van der Waals surface area contributed by atoms with E-state index in [1.54, 1.807) is 18.0 Å². The van der Waals surface area contributed by atoms with Crippen LogP contribution in [0.2, 0.25) is 5.02 Å². The lowest BCUT2D eigenvalue weighted by Crippen LogP contribution is -2.45. The van der Waals surface area contributed by atoms with Gasteiger partial charge in [-0.15, -0.1) is 0 Å². The highest BCUT2D eigenvalue weighted by molar-refractivity contribution is 6.30. The SMILES string of the molecule is CC(c1cccc(Cl)c1)N(C)C(=O)N(CC(=O)O)C1CC1. The Hall–Kier alpha value is -1.75. The minimum absolute atomic E-state index is 0.0580. The number of benzene rings is 1. The first-order chi connectivity index (χ1) is 9.90. The van der Waals surface area contributed by atoms with Gasteiger partial charge >= 0.3 is 12.0 Å². The zero-order valence-corrected chi connectivity index (χ0v) is 12.9. The minimum Gasteiger partial charge on any atom is -0.480 e. The van der Waals surface area contributed by atoms with Crippen LogP contribution in [-0.2, 0) is 4.79 Å². The predicted molar refractivity (Wildman–Crippen MR) is 80.4 cm³/mol. The molecule has 0 heterocycles. The lowest BCUT2D eigenvalue weighted by Gasteiger charge is -2.31. The van der Waals surface area contributed by atoms with Crippen molar-refractivity contribution >= 4 is 23.6 Å². The maximum atomic E-state index is 12.5. The topological polar surface area (TPSA) is 60.9 Å². The molecule has 0 bridgehead atoms. The fourth-order valence-corrected chi connectivity index (χ4v) is 2.44. The van der Waals surface area contributed by atoms with Crippen LogP contribution in [0.5, 0.6) is 0 Å². The third-order valence-corrected chi connectivity index (χ3v) is 3.99. The maximum Gasteiger partial charge on any atom is 0.323 e. The molecule has 1 aromatic carbocycles. The van der Waals surface area contributed by atoms with Crippen LogP contribution in [0.15, 0.2) is 24.3 Å². The molecule has 1 aromatic rings. The van der Waals surface area contributed by atoms with Gasteiger partial charge in [0.1, 0.15) is 6.54 Å². The Balaban J connectivity index is 2.11. The summed E-state index contributed by atoms with van der Waals surface area (Å²) in [5, 5.41) is 9.57. The highest BCUT2D eigenvalue weighted by Gasteiger charge is 2.36. The quantitative estimate of drug-likeness (QED) is 0.909. The molecule has 21 heavy (non-hydrogen) atoms. The summed E-state index contributed by atoms with van der Waals surface area (Å²) in [6.45, 7) is 1.64. The highest BCUT2D eigenvalue weighted by atomic mass is 35.5. The van der Waals surface area contributed by atoms with E-state index in [0.717, 1.165) is 18.4 Å². The molecule has 114 valence electrons. The molecule has 1 N–H and O–H groups in total. The molecular weight excluding hydrogens is 292 g/mol. The van der Waals surface area contributed by atoms with Crippen molar-refractivity contribution in [2.75, 3.05) is 13.6 Å². The summed E-state index contributed by atoms with van der Waals surface area (Å²) in [6, 6.07) is 6.96. The number of carboxylic acid groups (broad SMARTS) is 1. The van der Waals surface area contributed by atoms with E-state index in [1.165, 1.54) is 4.90 Å². The molecule has 0 aliphatic heterocycles. The van der Waals surface area contributed by atoms with Crippen molar-refractivity contribution in [2.45, 2.75) is 31.8 Å². The average molecular weight is 311 g/mol. The highest BCUT2D eigenvalue weighted by Crippen LogP contribution is 2.29. The van der Waals surface area contributed by atoms with Crippen LogP contribution in [0.3, 0.4) is 0 Å². The molecule has 2 rings (SSSR count). The van der Waals surface area contributed by atoms with Crippen molar-refractivity contribution in [3.05, 3.63) is 34.9 Å². The molecule has 1 atom stereocenters. The van der Waals surface area contributed by atoms with Gasteiger partial charge in [0.15, 0.2) is 0 Å². The smallest absolute Gasteiger partial charge is 0.323 e. The predicted octanol–water partition coefficient (Wildman–Crippen LogP) is 3.00. The Labute approximate surface area is 129 Å². The van der Waals surface area contributed by atoms with Gasteiger partial charge < -0.3 is 14.9 Å². The number of carbonyl (C=O) groups is 2. The fraction of sp³-hybridized carbons (Fsp3) is 0.467. The summed E-state index contributed by atoms with van der Waals surface area (Å²) in [5.41, 5.74) is 0.921. The van der Waals surface area contributed by atoms with Gasteiger partial charge in [-0.05, 0) is 37.5 Å². The monoisotopic (exact) mass is 310 g/mol. The number of carboxylic acids is 1. The number of amides is 2. The van der Waals surface area contributed by atoms with E-state index < -0.39 is 5.97 Å². The van der Waals surface area contributed by atoms with Crippen molar-refractivity contribution in [1.82, 2.24) is 9.80 Å². The zero-order chi connectivity index (χ0) is 15.6. The molecule has 0 radical (unpaired) electrons. The third-order valence-electron chi connectivity index (χ3n) is 3.75. The first kappa shape index (κ1) is 15.6. The number of nitrogens with zero attached hydrogens (tertiary/aromatic N) is 2. The van der Waals surface area contributed by atoms with Crippen LogP contribution in [0.1, 0.15) is 31.4 Å². The van der Waals surface area contributed by atoms with E-state index in [1.807, 2.05) is 25.1 Å². The lowest BCUT2D eigenvalue weighted by molar-refractivity contribution is -0.137. The average Bonchev–Trinajstić information content (AvgIpc) is 3.26. The van der Waals surface area contributed by atoms with E-state index in [2.05, 4.69) is 0 Å². The van der Waals surface area contributed by atoms with Gasteiger partial charge in [-0.1, -0.05) is 23.7 Å². The Morgan fingerprint density at radius 3 is 2.62 bits per heavy atom. The largest absolute Gasteiger partial charge is 0.480 e. The van der Waals surface area contributed by atoms with Gasteiger partial charge in [-0.25, -0.2) is 4.79 Å². The van der Waals surface area contributed by atoms with Crippen LogP contribution in [-0.4, -0.2) is 46.5 Å². The van der Waals surface area contributed by atoms with Crippen LogP contribution < -0.4 is 0 Å². The Morgan fingerprint density at radius 1 is 1.43 bits per heavy atom. The number of urea groups is 1. The number of hydrogen-bond acceptors (Lipinski definition) is 2. The second kappa shape index (κ2) is 6.35. The maximum absolute atomic E-state index is 12.5. The van der Waals surface area contributed by atoms with Crippen LogP contribution >= 0.6 is 11.6 Å². The molecule has 2 amide bonds. The minimum atomic E-state index is -0.987. The van der Waals surface area contributed by atoms with E-state index in [-0.39, 0.29) is 24.7 Å². The van der Waals surface area contributed by atoms with Gasteiger partial charge in [-0.2, -0.15) is 0 Å². The first-order valence-electron chi connectivity index (χ1n) is 6.91. The molecule has 1 aliphatic carbocycles. The normalized spacial score (nSPS) is 15.4. The van der Waals surface area contributed by atoms with Gasteiger partial charge in [0.2, 0.25) is 0 Å². The molecule has 1 aliphatic rings. The van der Waals surface area contributed by atoms with Crippen molar-refractivity contribution in [3.8, 4) is 0 Å². The summed E-state index contributed by atoms with van der Waals surface area (Å²) in [5.74, 6) is -0.987. The molecule has 0 aromatic heterocycles. The molecule has 5 nitrogen and oxygen atoms in total. The molecular formula is C15H19ClN2O3. The second-order valence-electron chi connectivity index (χ2n) is 5.38. The standard InChI is InChI=1S/C15H19ClN2O3/c1-10(11-4-3-5-12(16)8-11)17(2)15(21)18(9-14(19)20)13-6-7-13/h3-5,8,10,13H,6-7,9H2,1-2H3,(H,19,20). The van der Waals surface area contributed by atoms with Gasteiger partial charge in [0, 0.05) is 18.1 Å². The van der Waals surface area contributed by atoms with E-state index in [9.17, 15) is 9.59 Å². The summed E-state index contributed by atoms with van der Waals surface area (Å²) in [4.78, 5) is 26.4. The first-order valence-corrected chi connectivity index (χ1v) is 7.28. The number of rotatable bonds is 5. The number of carbonyl (C=O) groups excluding carboxylic acids is 1. The summed E-state index contributed by atoms with van der Waals surface area (Å²) < 4.78 is 0. The van der Waals surface area contributed by atoms with Gasteiger partial charge in [-0.3, -0.25) is 4.79 Å². The van der Waals surface area contributed by atoms with E-state index in [4.69, 9.17) is 16.7 Å². The van der Waals surface area contributed by atoms with Crippen molar-refractivity contribution < 1.29 is 14.7 Å². The number of aliphatic carboxylic acids is 1. The molecule has 0 spiro atoms. The number of halogens is 1. The van der Waals surface area contributed by atoms with Gasteiger partial charge in [0.25, 0.3) is 0 Å². The van der Waals surface area contributed by atoms with E-state index >= 15 is 0 Å². The van der Waals surface area contributed by atoms with Crippen LogP contribution in [0.25, 0.3) is 0 Å². The molecule has 1 saturated carbocycles. The van der Waals surface area contributed by atoms with Crippen molar-refractivity contribution in [3.63, 3.8) is 0 Å². The molecule has 1 unspecified atom stereocenters. The van der Waals surface area contributed by atoms with Crippen molar-refractivity contribution in [2.24, 2.45) is 0 Å². The van der Waals surface area contributed by atoms with Gasteiger partial charge in [0.05, 0.1) is 6.04 Å². The zero-order valence-electron chi connectivity index (χ0n) is 12.1. The summed E-state index contributed by atoms with van der Waals surface area (Å²) in [7, 11) is 1.69. The van der Waals surface area contributed by atoms with Crippen LogP contribution in [0, 0.1) is 0 Å². The van der Waals surface area contributed by atoms with Crippen LogP contribution in [0.4, 0.5) is 4.79 Å². The van der Waals surface area contributed by atoms with Crippen molar-refractivity contribution in [1.29, 1.82) is 0 Å².